The lowest BCUT2D eigenvalue weighted by Crippen LogP contribution is -2.33. The molecule has 0 spiro atoms. The predicted molar refractivity (Wildman–Crippen MR) is 81.0 cm³/mol. The van der Waals surface area contributed by atoms with Crippen molar-refractivity contribution in [2.45, 2.75) is 51.4 Å². The maximum Gasteiger partial charge on any atom is 0.139 e. The SMILES string of the molecule is BC(=C)c1cc2c(cc1O)C(C)(C)CCC2(C)C. The summed E-state index contributed by atoms with van der Waals surface area (Å²) in [7, 11) is 1.95. The molecular formula is C16H23BO. The van der Waals surface area contributed by atoms with E-state index >= 15 is 0 Å². The fourth-order valence-corrected chi connectivity index (χ4v) is 2.94. The second-order valence-corrected chi connectivity index (χ2v) is 6.96. The average molecular weight is 242 g/mol. The fourth-order valence-electron chi connectivity index (χ4n) is 2.94. The van der Waals surface area contributed by atoms with E-state index in [0.29, 0.717) is 5.75 Å². The minimum atomic E-state index is 0.149. The summed E-state index contributed by atoms with van der Waals surface area (Å²) in [4.78, 5) is 0. The molecule has 0 aromatic heterocycles. The molecule has 1 nitrogen and oxygen atoms in total. The van der Waals surface area contributed by atoms with Gasteiger partial charge in [0.05, 0.1) is 0 Å². The van der Waals surface area contributed by atoms with Gasteiger partial charge in [0.15, 0.2) is 0 Å². The molecule has 96 valence electrons. The van der Waals surface area contributed by atoms with Crippen molar-refractivity contribution in [1.29, 1.82) is 0 Å². The van der Waals surface area contributed by atoms with Gasteiger partial charge in [-0.05, 0) is 46.9 Å². The number of hydrogen-bond acceptors (Lipinski definition) is 1. The summed E-state index contributed by atoms with van der Waals surface area (Å²) in [5.41, 5.74) is 4.81. The van der Waals surface area contributed by atoms with Crippen LogP contribution in [0.1, 0.15) is 57.2 Å². The summed E-state index contributed by atoms with van der Waals surface area (Å²) in [5.74, 6) is 0.368. The Morgan fingerprint density at radius 3 is 2.00 bits per heavy atom. The molecule has 18 heavy (non-hydrogen) atoms. The Morgan fingerprint density at radius 1 is 1.11 bits per heavy atom. The molecule has 2 heteroatoms. The van der Waals surface area contributed by atoms with Gasteiger partial charge in [-0.2, -0.15) is 0 Å². The van der Waals surface area contributed by atoms with Crippen molar-refractivity contribution in [3.63, 3.8) is 0 Å². The largest absolute Gasteiger partial charge is 0.507 e. The summed E-state index contributed by atoms with van der Waals surface area (Å²) >= 11 is 0. The second kappa shape index (κ2) is 3.91. The molecular weight excluding hydrogens is 219 g/mol. The molecule has 1 aromatic rings. The van der Waals surface area contributed by atoms with Crippen LogP contribution in [0, 0.1) is 0 Å². The highest BCUT2D eigenvalue weighted by atomic mass is 16.3. The van der Waals surface area contributed by atoms with E-state index in [0.717, 1.165) is 11.0 Å². The first-order valence-electron chi connectivity index (χ1n) is 6.69. The number of rotatable bonds is 1. The van der Waals surface area contributed by atoms with E-state index in [2.05, 4.69) is 40.3 Å². The van der Waals surface area contributed by atoms with Crippen LogP contribution in [0.2, 0.25) is 0 Å². The van der Waals surface area contributed by atoms with Crippen LogP contribution >= 0.6 is 0 Å². The highest BCUT2D eigenvalue weighted by Gasteiger charge is 2.37. The Balaban J connectivity index is 2.73. The molecule has 0 unspecified atom stereocenters. The molecule has 0 fully saturated rings. The Kier molecular flexibility index (Phi) is 2.88. The van der Waals surface area contributed by atoms with Gasteiger partial charge in [-0.25, -0.2) is 0 Å². The molecule has 0 saturated heterocycles. The van der Waals surface area contributed by atoms with Crippen molar-refractivity contribution in [3.05, 3.63) is 35.4 Å². The first-order valence-corrected chi connectivity index (χ1v) is 6.69. The van der Waals surface area contributed by atoms with Gasteiger partial charge < -0.3 is 5.11 Å². The summed E-state index contributed by atoms with van der Waals surface area (Å²) < 4.78 is 0. The average Bonchev–Trinajstić information content (AvgIpc) is 2.24. The van der Waals surface area contributed by atoms with E-state index in [4.69, 9.17) is 0 Å². The quantitative estimate of drug-likeness (QED) is 0.749. The zero-order chi connectivity index (χ0) is 13.7. The van der Waals surface area contributed by atoms with Crippen molar-refractivity contribution in [1.82, 2.24) is 0 Å². The summed E-state index contributed by atoms with van der Waals surface area (Å²) in [5, 5.41) is 10.2. The molecule has 1 N–H and O–H groups in total. The van der Waals surface area contributed by atoms with E-state index < -0.39 is 0 Å². The molecule has 1 aliphatic carbocycles. The first-order chi connectivity index (χ1) is 8.15. The number of phenolic OH excluding ortho intramolecular Hbond substituents is 1. The van der Waals surface area contributed by atoms with Crippen molar-refractivity contribution in [2.24, 2.45) is 0 Å². The highest BCUT2D eigenvalue weighted by molar-refractivity contribution is 6.42. The lowest BCUT2D eigenvalue weighted by atomic mass is 9.62. The van der Waals surface area contributed by atoms with Crippen molar-refractivity contribution < 1.29 is 5.11 Å². The Morgan fingerprint density at radius 2 is 1.56 bits per heavy atom. The van der Waals surface area contributed by atoms with Crippen molar-refractivity contribution in [2.75, 3.05) is 0 Å². The molecule has 0 heterocycles. The molecule has 0 bridgehead atoms. The van der Waals surface area contributed by atoms with Gasteiger partial charge in [0.1, 0.15) is 13.6 Å². The zero-order valence-corrected chi connectivity index (χ0v) is 12.2. The minimum absolute atomic E-state index is 0.149. The number of hydrogen-bond donors (Lipinski definition) is 1. The van der Waals surface area contributed by atoms with Crippen LogP contribution in [-0.4, -0.2) is 13.0 Å². The van der Waals surface area contributed by atoms with Gasteiger partial charge in [-0.15, -0.1) is 6.58 Å². The molecule has 0 radical (unpaired) electrons. The summed E-state index contributed by atoms with van der Waals surface area (Å²) in [6, 6.07) is 4.11. The topological polar surface area (TPSA) is 20.2 Å². The molecule has 1 aromatic carbocycles. The van der Waals surface area contributed by atoms with Gasteiger partial charge in [-0.3, -0.25) is 0 Å². The van der Waals surface area contributed by atoms with Gasteiger partial charge >= 0.3 is 0 Å². The minimum Gasteiger partial charge on any atom is -0.507 e. The third kappa shape index (κ3) is 1.98. The van der Waals surface area contributed by atoms with Crippen LogP contribution in [0.3, 0.4) is 0 Å². The molecule has 0 atom stereocenters. The predicted octanol–water partition coefficient (Wildman–Crippen LogP) is 3.35. The maximum atomic E-state index is 10.2. The first kappa shape index (κ1) is 13.3. The van der Waals surface area contributed by atoms with Crippen LogP contribution in [0.5, 0.6) is 5.75 Å². The summed E-state index contributed by atoms with van der Waals surface area (Å²) in [6.45, 7) is 13.1. The van der Waals surface area contributed by atoms with E-state index in [1.165, 1.54) is 24.0 Å². The van der Waals surface area contributed by atoms with Gasteiger partial charge in [0.2, 0.25) is 0 Å². The van der Waals surface area contributed by atoms with E-state index in [9.17, 15) is 5.11 Å². The Bertz CT molecular complexity index is 512. The molecule has 2 rings (SSSR count). The van der Waals surface area contributed by atoms with Crippen LogP contribution in [0.4, 0.5) is 0 Å². The van der Waals surface area contributed by atoms with Gasteiger partial charge in [0.25, 0.3) is 0 Å². The molecule has 0 aliphatic heterocycles. The van der Waals surface area contributed by atoms with Crippen LogP contribution in [0.25, 0.3) is 5.47 Å². The molecule has 0 amide bonds. The molecule has 0 saturated carbocycles. The fraction of sp³-hybridized carbons (Fsp3) is 0.500. The van der Waals surface area contributed by atoms with Crippen molar-refractivity contribution >= 4 is 13.3 Å². The smallest absolute Gasteiger partial charge is 0.139 e. The normalized spacial score (nSPS) is 20.2. The lowest BCUT2D eigenvalue weighted by Gasteiger charge is -2.42. The van der Waals surface area contributed by atoms with E-state index in [1.54, 1.807) is 0 Å². The maximum absolute atomic E-state index is 10.2. The Labute approximate surface area is 111 Å². The lowest BCUT2D eigenvalue weighted by molar-refractivity contribution is 0.329. The number of fused-ring (bicyclic) bond motifs is 1. The summed E-state index contributed by atoms with van der Waals surface area (Å²) in [6.07, 6.45) is 2.35. The van der Waals surface area contributed by atoms with Gasteiger partial charge in [0, 0.05) is 5.56 Å². The van der Waals surface area contributed by atoms with Crippen molar-refractivity contribution in [3.8, 4) is 5.75 Å². The zero-order valence-electron chi connectivity index (χ0n) is 12.2. The third-order valence-electron chi connectivity index (χ3n) is 4.43. The molecule has 1 aliphatic rings. The van der Waals surface area contributed by atoms with Gasteiger partial charge in [-0.1, -0.05) is 33.2 Å². The highest BCUT2D eigenvalue weighted by Crippen LogP contribution is 2.47. The third-order valence-corrected chi connectivity index (χ3v) is 4.43. The van der Waals surface area contributed by atoms with E-state index in [1.807, 2.05) is 13.9 Å². The number of benzene rings is 1. The monoisotopic (exact) mass is 242 g/mol. The number of phenols is 1. The van der Waals surface area contributed by atoms with E-state index in [-0.39, 0.29) is 10.8 Å². The second-order valence-electron chi connectivity index (χ2n) is 6.96. The Hall–Kier alpha value is -1.18. The van der Waals surface area contributed by atoms with Crippen LogP contribution in [-0.2, 0) is 10.8 Å². The van der Waals surface area contributed by atoms with Crippen LogP contribution in [0.15, 0.2) is 18.7 Å². The number of aromatic hydroxyl groups is 1. The standard InChI is InChI=1S/C16H23BO/c1-10(17)11-8-12-13(9-14(11)18)16(4,5)7-6-15(12,2)3/h8-9,18H,1,6-7,17H2,2-5H3. The van der Waals surface area contributed by atoms with Crippen LogP contribution < -0.4 is 0 Å².